The molecule has 2 rings (SSSR count). The Morgan fingerprint density at radius 3 is 2.80 bits per heavy atom. The van der Waals surface area contributed by atoms with Gasteiger partial charge in [0.05, 0.1) is 27.3 Å². The van der Waals surface area contributed by atoms with E-state index in [1.807, 2.05) is 13.1 Å². The minimum atomic E-state index is -0.260. The van der Waals surface area contributed by atoms with Gasteiger partial charge in [-0.15, -0.1) is 0 Å². The number of amides is 1. The summed E-state index contributed by atoms with van der Waals surface area (Å²) in [5.74, 6) is -0.260. The second-order valence-corrected chi connectivity index (χ2v) is 5.78. The number of hydrogen-bond acceptors (Lipinski definition) is 2. The van der Waals surface area contributed by atoms with E-state index in [1.54, 1.807) is 22.9 Å². The van der Waals surface area contributed by atoms with E-state index >= 15 is 0 Å². The van der Waals surface area contributed by atoms with Gasteiger partial charge in [-0.05, 0) is 41.1 Å². The first kappa shape index (κ1) is 15.4. The van der Waals surface area contributed by atoms with Gasteiger partial charge in [-0.3, -0.25) is 9.48 Å². The van der Waals surface area contributed by atoms with E-state index in [0.717, 1.165) is 16.7 Å². The number of carbonyl (C=O) groups excluding carboxylic acids is 1. The summed E-state index contributed by atoms with van der Waals surface area (Å²) >= 11 is 15.2. The van der Waals surface area contributed by atoms with Gasteiger partial charge < -0.3 is 5.32 Å². The molecule has 0 spiro atoms. The molecule has 0 saturated carbocycles. The highest BCUT2D eigenvalue weighted by Gasteiger charge is 2.12. The average Bonchev–Trinajstić information content (AvgIpc) is 2.76. The van der Waals surface area contributed by atoms with Crippen LogP contribution in [0.4, 0.5) is 0 Å². The minimum Gasteiger partial charge on any atom is -0.346 e. The van der Waals surface area contributed by atoms with Crippen molar-refractivity contribution in [2.75, 3.05) is 0 Å². The lowest BCUT2D eigenvalue weighted by Crippen LogP contribution is -2.23. The molecule has 0 fully saturated rings. The number of aryl methyl sites for hydroxylation is 1. The minimum absolute atomic E-state index is 0.260. The Bertz CT molecular complexity index is 643. The first-order chi connectivity index (χ1) is 9.51. The van der Waals surface area contributed by atoms with Crippen molar-refractivity contribution in [3.8, 4) is 0 Å². The van der Waals surface area contributed by atoms with Gasteiger partial charge in [0.1, 0.15) is 0 Å². The third-order valence-electron chi connectivity index (χ3n) is 2.70. The van der Waals surface area contributed by atoms with E-state index in [9.17, 15) is 4.79 Å². The maximum absolute atomic E-state index is 12.0. The highest BCUT2D eigenvalue weighted by Crippen LogP contribution is 2.21. The zero-order valence-electron chi connectivity index (χ0n) is 10.7. The largest absolute Gasteiger partial charge is 0.346 e. The molecule has 1 heterocycles. The number of rotatable bonds is 4. The Kier molecular flexibility index (Phi) is 5.07. The number of aromatic nitrogens is 2. The molecule has 0 aliphatic heterocycles. The molecular formula is C13H12BrCl2N3O. The van der Waals surface area contributed by atoms with Crippen LogP contribution in [0.25, 0.3) is 0 Å². The molecule has 106 valence electrons. The topological polar surface area (TPSA) is 46.9 Å². The van der Waals surface area contributed by atoms with Crippen LogP contribution >= 0.6 is 39.1 Å². The maximum atomic E-state index is 12.0. The molecule has 1 aromatic carbocycles. The summed E-state index contributed by atoms with van der Waals surface area (Å²) in [7, 11) is 0. The van der Waals surface area contributed by atoms with Crippen LogP contribution in [0.15, 0.2) is 28.9 Å². The average molecular weight is 377 g/mol. The maximum Gasteiger partial charge on any atom is 0.253 e. The Labute approximate surface area is 135 Å². The Balaban J connectivity index is 2.06. The molecule has 0 saturated heterocycles. The second-order valence-electron chi connectivity index (χ2n) is 4.09. The Morgan fingerprint density at radius 2 is 2.20 bits per heavy atom. The molecule has 0 bridgehead atoms. The van der Waals surface area contributed by atoms with Crippen molar-refractivity contribution in [2.24, 2.45) is 0 Å². The van der Waals surface area contributed by atoms with E-state index in [4.69, 9.17) is 23.2 Å². The number of nitrogens with zero attached hydrogens (tertiary/aromatic N) is 2. The van der Waals surface area contributed by atoms with Crippen molar-refractivity contribution in [1.82, 2.24) is 15.1 Å². The van der Waals surface area contributed by atoms with Gasteiger partial charge >= 0.3 is 0 Å². The standard InChI is InChI=1S/C13H12BrCl2N3O/c1-2-19-7-10(14)12(18-19)6-17-13(20)9-4-3-8(15)5-11(9)16/h3-5,7H,2,6H2,1H3,(H,17,20). The zero-order chi connectivity index (χ0) is 14.7. The first-order valence-corrected chi connectivity index (χ1v) is 7.51. The van der Waals surface area contributed by atoms with Gasteiger partial charge in [-0.2, -0.15) is 5.10 Å². The third kappa shape index (κ3) is 3.53. The zero-order valence-corrected chi connectivity index (χ0v) is 13.8. The molecule has 0 aliphatic carbocycles. The lowest BCUT2D eigenvalue weighted by atomic mass is 10.2. The number of carbonyl (C=O) groups is 1. The molecule has 0 atom stereocenters. The monoisotopic (exact) mass is 375 g/mol. The molecule has 0 aliphatic rings. The van der Waals surface area contributed by atoms with Crippen LogP contribution in [0, 0.1) is 0 Å². The fraction of sp³-hybridized carbons (Fsp3) is 0.231. The summed E-state index contributed by atoms with van der Waals surface area (Å²) in [6.45, 7) is 3.09. The van der Waals surface area contributed by atoms with E-state index < -0.39 is 0 Å². The van der Waals surface area contributed by atoms with Crippen molar-refractivity contribution in [2.45, 2.75) is 20.0 Å². The summed E-state index contributed by atoms with van der Waals surface area (Å²) in [6, 6.07) is 4.77. The van der Waals surface area contributed by atoms with Gasteiger partial charge in [0.25, 0.3) is 5.91 Å². The van der Waals surface area contributed by atoms with Crippen LogP contribution in [0.3, 0.4) is 0 Å². The smallest absolute Gasteiger partial charge is 0.253 e. The SMILES string of the molecule is CCn1cc(Br)c(CNC(=O)c2ccc(Cl)cc2Cl)n1. The highest BCUT2D eigenvalue weighted by molar-refractivity contribution is 9.10. The molecule has 2 aromatic rings. The van der Waals surface area contributed by atoms with Gasteiger partial charge in [0.2, 0.25) is 0 Å². The van der Waals surface area contributed by atoms with Crippen LogP contribution in [-0.2, 0) is 13.1 Å². The predicted molar refractivity (Wildman–Crippen MR) is 83.2 cm³/mol. The first-order valence-electron chi connectivity index (χ1n) is 5.96. The number of nitrogens with one attached hydrogen (secondary N) is 1. The van der Waals surface area contributed by atoms with Gasteiger partial charge in [0, 0.05) is 17.8 Å². The quantitative estimate of drug-likeness (QED) is 0.879. The van der Waals surface area contributed by atoms with Crippen molar-refractivity contribution < 1.29 is 4.79 Å². The second kappa shape index (κ2) is 6.61. The summed E-state index contributed by atoms with van der Waals surface area (Å²) < 4.78 is 2.66. The van der Waals surface area contributed by atoms with E-state index in [-0.39, 0.29) is 5.91 Å². The molecule has 1 N–H and O–H groups in total. The lowest BCUT2D eigenvalue weighted by molar-refractivity contribution is 0.0950. The third-order valence-corrected chi connectivity index (χ3v) is 3.91. The Morgan fingerprint density at radius 1 is 1.45 bits per heavy atom. The molecule has 0 unspecified atom stereocenters. The van der Waals surface area contributed by atoms with Crippen LogP contribution in [0.2, 0.25) is 10.0 Å². The fourth-order valence-corrected chi connectivity index (χ4v) is 2.60. The van der Waals surface area contributed by atoms with E-state index in [0.29, 0.717) is 22.2 Å². The molecule has 0 radical (unpaired) electrons. The van der Waals surface area contributed by atoms with Crippen molar-refractivity contribution >= 4 is 45.0 Å². The van der Waals surface area contributed by atoms with Crippen molar-refractivity contribution in [3.63, 3.8) is 0 Å². The number of hydrogen-bond donors (Lipinski definition) is 1. The van der Waals surface area contributed by atoms with E-state index in [1.165, 1.54) is 0 Å². The summed E-state index contributed by atoms with van der Waals surface area (Å²) in [6.07, 6.45) is 1.87. The number of halogens is 3. The number of benzene rings is 1. The molecule has 7 heteroatoms. The molecule has 1 aromatic heterocycles. The van der Waals surface area contributed by atoms with Crippen LogP contribution < -0.4 is 5.32 Å². The fourth-order valence-electron chi connectivity index (χ4n) is 1.65. The van der Waals surface area contributed by atoms with Gasteiger partial charge in [-0.1, -0.05) is 23.2 Å². The molecular weight excluding hydrogens is 365 g/mol. The molecule has 4 nitrogen and oxygen atoms in total. The van der Waals surface area contributed by atoms with Crippen LogP contribution in [-0.4, -0.2) is 15.7 Å². The van der Waals surface area contributed by atoms with Crippen LogP contribution in [0.5, 0.6) is 0 Å². The Hall–Kier alpha value is -1.04. The van der Waals surface area contributed by atoms with Gasteiger partial charge in [-0.25, -0.2) is 0 Å². The summed E-state index contributed by atoms with van der Waals surface area (Å²) in [5, 5.41) is 7.94. The summed E-state index contributed by atoms with van der Waals surface area (Å²) in [5.41, 5.74) is 1.16. The molecule has 1 amide bonds. The summed E-state index contributed by atoms with van der Waals surface area (Å²) in [4.78, 5) is 12.0. The van der Waals surface area contributed by atoms with Crippen molar-refractivity contribution in [3.05, 3.63) is 50.2 Å². The lowest BCUT2D eigenvalue weighted by Gasteiger charge is -2.06. The predicted octanol–water partition coefficient (Wildman–Crippen LogP) is 3.90. The van der Waals surface area contributed by atoms with Crippen LogP contribution in [0.1, 0.15) is 23.0 Å². The van der Waals surface area contributed by atoms with Crippen molar-refractivity contribution in [1.29, 1.82) is 0 Å². The highest BCUT2D eigenvalue weighted by atomic mass is 79.9. The van der Waals surface area contributed by atoms with Gasteiger partial charge in [0.15, 0.2) is 0 Å². The molecule has 20 heavy (non-hydrogen) atoms. The van der Waals surface area contributed by atoms with E-state index in [2.05, 4.69) is 26.3 Å². The normalized spacial score (nSPS) is 10.6.